The lowest BCUT2D eigenvalue weighted by molar-refractivity contribution is 0.506. The minimum atomic E-state index is 0.0325. The predicted octanol–water partition coefficient (Wildman–Crippen LogP) is 22.4. The molecule has 2 heteroatoms. The van der Waals surface area contributed by atoms with Crippen LogP contribution in [0.25, 0.3) is 54.9 Å². The van der Waals surface area contributed by atoms with E-state index in [0.717, 1.165) is 36.3 Å². The van der Waals surface area contributed by atoms with Crippen molar-refractivity contribution >= 4 is 55.7 Å². The van der Waals surface area contributed by atoms with Gasteiger partial charge in [0.25, 0.3) is 0 Å². The van der Waals surface area contributed by atoms with Crippen LogP contribution in [0.1, 0.15) is 127 Å². The summed E-state index contributed by atoms with van der Waals surface area (Å²) in [4.78, 5) is 4.84. The molecule has 0 bridgehead atoms. The Labute approximate surface area is 461 Å². The summed E-state index contributed by atoms with van der Waals surface area (Å²) in [6.07, 6.45) is 5.66. The minimum absolute atomic E-state index is 0.0325. The van der Waals surface area contributed by atoms with Crippen molar-refractivity contribution in [3.8, 4) is 33.4 Å². The quantitative estimate of drug-likeness (QED) is 0.0952. The highest BCUT2D eigenvalue weighted by molar-refractivity contribution is 6.14. The van der Waals surface area contributed by atoms with Gasteiger partial charge in [0, 0.05) is 34.1 Å². The van der Waals surface area contributed by atoms with Crippen LogP contribution < -0.4 is 9.80 Å². The van der Waals surface area contributed by atoms with E-state index >= 15 is 0 Å². The third-order valence-corrected chi connectivity index (χ3v) is 16.5. The molecule has 0 aromatic heterocycles. The Hall–Kier alpha value is -7.68. The van der Waals surface area contributed by atoms with Crippen molar-refractivity contribution in [2.45, 2.75) is 125 Å². The zero-order valence-electron chi connectivity index (χ0n) is 47.6. The second-order valence-corrected chi connectivity index (χ2v) is 23.4. The number of hydrogen-bond donors (Lipinski definition) is 0. The molecule has 388 valence electrons. The third kappa shape index (κ3) is 10.7. The fraction of sp³-hybridized carbons (Fsp3) is 0.253. The smallest absolute Gasteiger partial charge is 0.0464 e. The Kier molecular flexibility index (Phi) is 15.2. The summed E-state index contributed by atoms with van der Waals surface area (Å²) < 4.78 is 0. The fourth-order valence-electron chi connectivity index (χ4n) is 11.7. The third-order valence-electron chi connectivity index (χ3n) is 16.5. The van der Waals surface area contributed by atoms with E-state index in [0.29, 0.717) is 5.92 Å². The van der Waals surface area contributed by atoms with Crippen molar-refractivity contribution in [1.29, 1.82) is 0 Å². The maximum absolute atomic E-state index is 2.43. The largest absolute Gasteiger partial charge is 0.310 e. The maximum atomic E-state index is 2.43. The molecule has 0 heterocycles. The van der Waals surface area contributed by atoms with E-state index < -0.39 is 0 Å². The lowest BCUT2D eigenvalue weighted by atomic mass is 9.82. The molecule has 1 atom stereocenters. The average Bonchev–Trinajstić information content (AvgIpc) is 3.58. The normalized spacial score (nSPS) is 12.3. The number of hydrogen-bond acceptors (Lipinski definition) is 2. The molecule has 0 fully saturated rings. The second kappa shape index (κ2) is 22.1. The van der Waals surface area contributed by atoms with Crippen LogP contribution >= 0.6 is 0 Å². The average molecular weight is 1010 g/mol. The highest BCUT2D eigenvalue weighted by Gasteiger charge is 2.24. The molecule has 77 heavy (non-hydrogen) atoms. The van der Waals surface area contributed by atoms with E-state index in [1.165, 1.54) is 118 Å². The van der Waals surface area contributed by atoms with Gasteiger partial charge < -0.3 is 9.80 Å². The van der Waals surface area contributed by atoms with Gasteiger partial charge in [-0.15, -0.1) is 0 Å². The zero-order chi connectivity index (χ0) is 54.0. The van der Waals surface area contributed by atoms with Crippen LogP contribution in [0, 0.1) is 13.8 Å². The molecular formula is C75H78N2. The molecule has 1 unspecified atom stereocenters. The summed E-state index contributed by atoms with van der Waals surface area (Å²) in [6, 6.07) is 78.1. The van der Waals surface area contributed by atoms with E-state index in [4.69, 9.17) is 0 Å². The topological polar surface area (TPSA) is 6.48 Å². The fourth-order valence-corrected chi connectivity index (χ4v) is 11.7. The predicted molar refractivity (Wildman–Crippen MR) is 336 cm³/mol. The van der Waals surface area contributed by atoms with Gasteiger partial charge in [-0.05, 0) is 211 Å². The van der Waals surface area contributed by atoms with Gasteiger partial charge in [-0.1, -0.05) is 209 Å². The molecule has 10 aromatic carbocycles. The maximum Gasteiger partial charge on any atom is 0.0464 e. The van der Waals surface area contributed by atoms with Gasteiger partial charge in [0.05, 0.1) is 0 Å². The van der Waals surface area contributed by atoms with Crippen LogP contribution in [0.5, 0.6) is 0 Å². The standard InChI is InChI=1S/C75H78N2/c1-12-21-51(4)55-33-41-61(42-34-55)77(65-26-20-24-59(50-65)75(10,11)14-3)63-45-37-57(38-46-63)71-48-53(6)73(69-30-18-16-28-67(69)71)72-52(5)47-70(66-27-15-17-29-68(66)72)56-35-43-62(44-36-56)76(60-39-31-54(22-13-2)32-40-60)64-25-19-23-58(49-64)74(7,8)9/h15-20,23-51H,12-14,21-22H2,1-11H3. The monoisotopic (exact) mass is 1010 g/mol. The van der Waals surface area contributed by atoms with E-state index in [1.54, 1.807) is 0 Å². The highest BCUT2D eigenvalue weighted by Crippen LogP contribution is 2.47. The van der Waals surface area contributed by atoms with Gasteiger partial charge in [0.2, 0.25) is 0 Å². The first-order valence-corrected chi connectivity index (χ1v) is 28.4. The minimum Gasteiger partial charge on any atom is -0.310 e. The van der Waals surface area contributed by atoms with Crippen LogP contribution in [-0.2, 0) is 17.3 Å². The van der Waals surface area contributed by atoms with Crippen molar-refractivity contribution in [2.75, 3.05) is 9.80 Å². The van der Waals surface area contributed by atoms with E-state index in [1.807, 2.05) is 0 Å². The molecule has 0 N–H and O–H groups in total. The molecule has 0 aliphatic heterocycles. The Morgan fingerprint density at radius 3 is 1.25 bits per heavy atom. The number of fused-ring (bicyclic) bond motifs is 2. The Morgan fingerprint density at radius 2 is 0.818 bits per heavy atom. The van der Waals surface area contributed by atoms with Crippen LogP contribution in [0.3, 0.4) is 0 Å². The number of benzene rings is 10. The summed E-state index contributed by atoms with van der Waals surface area (Å²) in [6.45, 7) is 25.3. The summed E-state index contributed by atoms with van der Waals surface area (Å²) >= 11 is 0. The lowest BCUT2D eigenvalue weighted by Gasteiger charge is -2.29. The van der Waals surface area contributed by atoms with E-state index in [2.05, 4.69) is 292 Å². The second-order valence-electron chi connectivity index (χ2n) is 23.4. The van der Waals surface area contributed by atoms with E-state index in [9.17, 15) is 0 Å². The summed E-state index contributed by atoms with van der Waals surface area (Å²) in [5, 5.41) is 5.04. The number of nitrogens with zero attached hydrogens (tertiary/aromatic N) is 2. The molecule has 2 nitrogen and oxygen atoms in total. The van der Waals surface area contributed by atoms with Gasteiger partial charge in [-0.2, -0.15) is 0 Å². The molecule has 0 aliphatic rings. The lowest BCUT2D eigenvalue weighted by Crippen LogP contribution is -2.17. The van der Waals surface area contributed by atoms with Gasteiger partial charge >= 0.3 is 0 Å². The molecular weight excluding hydrogens is 929 g/mol. The Balaban J connectivity index is 1.02. The van der Waals surface area contributed by atoms with Crippen LogP contribution in [-0.4, -0.2) is 0 Å². The molecule has 10 rings (SSSR count). The summed E-state index contributed by atoms with van der Waals surface area (Å²) in [5.74, 6) is 0.533. The van der Waals surface area contributed by atoms with Gasteiger partial charge in [-0.25, -0.2) is 0 Å². The van der Waals surface area contributed by atoms with Crippen molar-refractivity contribution in [3.05, 3.63) is 240 Å². The summed E-state index contributed by atoms with van der Waals surface area (Å²) in [5.41, 5.74) is 22.5. The SMILES string of the molecule is CCCc1ccc(N(c2ccc(-c3cc(C)c(-c4c(C)cc(-c5ccc(N(c6ccc(C(C)CCC)cc6)c6cccc(C(C)(C)CC)c6)cc5)c5ccccc45)c4ccccc34)cc2)c2cccc(C(C)(C)C)c2)cc1. The molecule has 0 amide bonds. The molecule has 0 saturated carbocycles. The first kappa shape index (κ1) is 52.7. The number of rotatable bonds is 16. The van der Waals surface area contributed by atoms with Crippen LogP contribution in [0.2, 0.25) is 0 Å². The molecule has 0 saturated heterocycles. The van der Waals surface area contributed by atoms with Crippen LogP contribution in [0.4, 0.5) is 34.1 Å². The number of anilines is 6. The van der Waals surface area contributed by atoms with Crippen molar-refractivity contribution < 1.29 is 0 Å². The first-order chi connectivity index (χ1) is 37.2. The Bertz CT molecular complexity index is 3660. The van der Waals surface area contributed by atoms with Gasteiger partial charge in [0.15, 0.2) is 0 Å². The highest BCUT2D eigenvalue weighted by atomic mass is 15.1. The Morgan fingerprint density at radius 1 is 0.403 bits per heavy atom. The molecule has 10 aromatic rings. The zero-order valence-corrected chi connectivity index (χ0v) is 47.6. The molecule has 0 aliphatic carbocycles. The van der Waals surface area contributed by atoms with E-state index in [-0.39, 0.29) is 10.8 Å². The van der Waals surface area contributed by atoms with Crippen molar-refractivity contribution in [3.63, 3.8) is 0 Å². The number of aryl methyl sites for hydroxylation is 3. The van der Waals surface area contributed by atoms with Gasteiger partial charge in [-0.3, -0.25) is 0 Å². The molecule has 0 radical (unpaired) electrons. The van der Waals surface area contributed by atoms with Gasteiger partial charge in [0.1, 0.15) is 0 Å². The molecule has 0 spiro atoms. The van der Waals surface area contributed by atoms with Crippen molar-refractivity contribution in [2.24, 2.45) is 0 Å². The van der Waals surface area contributed by atoms with Crippen molar-refractivity contribution in [1.82, 2.24) is 0 Å². The first-order valence-electron chi connectivity index (χ1n) is 28.4. The van der Waals surface area contributed by atoms with Crippen LogP contribution in [0.15, 0.2) is 206 Å². The summed E-state index contributed by atoms with van der Waals surface area (Å²) in [7, 11) is 0.